The number of aryl methyl sites for hydroxylation is 1. The lowest BCUT2D eigenvalue weighted by Gasteiger charge is -2.26. The molecule has 2 unspecified atom stereocenters. The highest BCUT2D eigenvalue weighted by Crippen LogP contribution is 2.20. The smallest absolute Gasteiger partial charge is 0.0742 e. The van der Waals surface area contributed by atoms with Gasteiger partial charge in [-0.1, -0.05) is 36.8 Å². The molecule has 1 aromatic carbocycles. The van der Waals surface area contributed by atoms with Gasteiger partial charge >= 0.3 is 0 Å². The van der Waals surface area contributed by atoms with Gasteiger partial charge in [0.15, 0.2) is 0 Å². The maximum Gasteiger partial charge on any atom is 0.0742 e. The third-order valence-corrected chi connectivity index (χ3v) is 3.33. The van der Waals surface area contributed by atoms with Crippen LogP contribution in [-0.4, -0.2) is 31.5 Å². The average Bonchev–Trinajstić information content (AvgIpc) is 2.41. The predicted molar refractivity (Wildman–Crippen MR) is 88.7 cm³/mol. The highest BCUT2D eigenvalue weighted by Gasteiger charge is 2.19. The van der Waals surface area contributed by atoms with E-state index in [9.17, 15) is 0 Å². The molecule has 0 radical (unpaired) electrons. The highest BCUT2D eigenvalue weighted by atomic mass is 16.5. The molecule has 0 aliphatic carbocycles. The van der Waals surface area contributed by atoms with Crippen molar-refractivity contribution in [3.63, 3.8) is 0 Å². The third kappa shape index (κ3) is 7.07. The molecule has 2 atom stereocenters. The Morgan fingerprint density at radius 2 is 1.71 bits per heavy atom. The van der Waals surface area contributed by atoms with E-state index in [0.717, 1.165) is 6.54 Å². The Kier molecular flexibility index (Phi) is 7.36. The van der Waals surface area contributed by atoms with Crippen molar-refractivity contribution in [1.82, 2.24) is 5.32 Å². The molecule has 3 heteroatoms. The maximum atomic E-state index is 5.95. The van der Waals surface area contributed by atoms with Gasteiger partial charge in [0.1, 0.15) is 0 Å². The molecule has 0 fully saturated rings. The molecule has 0 saturated heterocycles. The van der Waals surface area contributed by atoms with Crippen LogP contribution in [0.3, 0.4) is 0 Å². The highest BCUT2D eigenvalue weighted by molar-refractivity contribution is 5.24. The standard InChI is InChI=1S/C18H31NO2/c1-7-19-17(16-10-8-14(2)9-11-16)15(3)20-12-13-21-18(4,5)6/h8-11,15,17,19H,7,12-13H2,1-6H3. The fourth-order valence-corrected chi connectivity index (χ4v) is 2.23. The van der Waals surface area contributed by atoms with Gasteiger partial charge in [-0.15, -0.1) is 0 Å². The number of nitrogens with one attached hydrogen (secondary N) is 1. The SMILES string of the molecule is CCNC(c1ccc(C)cc1)C(C)OCCOC(C)(C)C. The third-order valence-electron chi connectivity index (χ3n) is 3.33. The summed E-state index contributed by atoms with van der Waals surface area (Å²) < 4.78 is 11.6. The molecule has 0 saturated carbocycles. The maximum absolute atomic E-state index is 5.95. The van der Waals surface area contributed by atoms with Crippen LogP contribution in [0.15, 0.2) is 24.3 Å². The topological polar surface area (TPSA) is 30.5 Å². The molecule has 1 aromatic rings. The normalized spacial score (nSPS) is 15.0. The Morgan fingerprint density at radius 1 is 1.10 bits per heavy atom. The summed E-state index contributed by atoms with van der Waals surface area (Å²) in [6.07, 6.45) is 0.108. The second-order valence-electron chi connectivity index (χ2n) is 6.48. The zero-order chi connectivity index (χ0) is 15.9. The molecule has 0 bridgehead atoms. The monoisotopic (exact) mass is 293 g/mol. The summed E-state index contributed by atoms with van der Waals surface area (Å²) in [5.41, 5.74) is 2.44. The van der Waals surface area contributed by atoms with Gasteiger partial charge < -0.3 is 14.8 Å². The van der Waals surface area contributed by atoms with E-state index in [2.05, 4.69) is 71.1 Å². The number of hydrogen-bond donors (Lipinski definition) is 1. The molecule has 0 aliphatic rings. The summed E-state index contributed by atoms with van der Waals surface area (Å²) in [6.45, 7) is 14.7. The van der Waals surface area contributed by atoms with E-state index in [1.165, 1.54) is 11.1 Å². The predicted octanol–water partition coefficient (Wildman–Crippen LogP) is 3.87. The molecular formula is C18H31NO2. The summed E-state index contributed by atoms with van der Waals surface area (Å²) in [7, 11) is 0. The van der Waals surface area contributed by atoms with E-state index < -0.39 is 0 Å². The summed E-state index contributed by atoms with van der Waals surface area (Å²) in [4.78, 5) is 0. The zero-order valence-electron chi connectivity index (χ0n) is 14.4. The van der Waals surface area contributed by atoms with Crippen LogP contribution in [0, 0.1) is 6.92 Å². The Hall–Kier alpha value is -0.900. The fraction of sp³-hybridized carbons (Fsp3) is 0.667. The van der Waals surface area contributed by atoms with Crippen molar-refractivity contribution in [1.29, 1.82) is 0 Å². The first-order chi connectivity index (χ1) is 9.83. The number of hydrogen-bond acceptors (Lipinski definition) is 3. The molecule has 0 aromatic heterocycles. The van der Waals surface area contributed by atoms with Crippen LogP contribution in [0.25, 0.3) is 0 Å². The number of likely N-dealkylation sites (N-methyl/N-ethyl adjacent to an activating group) is 1. The van der Waals surface area contributed by atoms with E-state index in [1.54, 1.807) is 0 Å². The van der Waals surface area contributed by atoms with Crippen LogP contribution in [0.4, 0.5) is 0 Å². The van der Waals surface area contributed by atoms with Crippen LogP contribution < -0.4 is 5.32 Å². The molecule has 0 amide bonds. The van der Waals surface area contributed by atoms with Gasteiger partial charge in [-0.25, -0.2) is 0 Å². The van der Waals surface area contributed by atoms with Crippen molar-refractivity contribution < 1.29 is 9.47 Å². The van der Waals surface area contributed by atoms with Crippen molar-refractivity contribution in [2.45, 2.75) is 59.3 Å². The van der Waals surface area contributed by atoms with Crippen LogP contribution in [0.1, 0.15) is 51.8 Å². The van der Waals surface area contributed by atoms with Crippen molar-refractivity contribution in [3.8, 4) is 0 Å². The van der Waals surface area contributed by atoms with Crippen molar-refractivity contribution in [3.05, 3.63) is 35.4 Å². The van der Waals surface area contributed by atoms with Crippen LogP contribution in [0.5, 0.6) is 0 Å². The average molecular weight is 293 g/mol. The van der Waals surface area contributed by atoms with Crippen molar-refractivity contribution >= 4 is 0 Å². The van der Waals surface area contributed by atoms with Gasteiger partial charge in [-0.2, -0.15) is 0 Å². The minimum absolute atomic E-state index is 0.107. The van der Waals surface area contributed by atoms with E-state index >= 15 is 0 Å². The molecule has 3 nitrogen and oxygen atoms in total. The minimum atomic E-state index is -0.107. The second-order valence-corrected chi connectivity index (χ2v) is 6.48. The van der Waals surface area contributed by atoms with E-state index in [4.69, 9.17) is 9.47 Å². The first-order valence-corrected chi connectivity index (χ1v) is 7.89. The van der Waals surface area contributed by atoms with Crippen molar-refractivity contribution in [2.24, 2.45) is 0 Å². The second kappa shape index (κ2) is 8.52. The molecule has 1 N–H and O–H groups in total. The Labute approximate surface area is 130 Å². The Morgan fingerprint density at radius 3 is 2.24 bits per heavy atom. The van der Waals surface area contributed by atoms with Gasteiger partial charge in [0.05, 0.1) is 31.0 Å². The lowest BCUT2D eigenvalue weighted by Crippen LogP contribution is -2.33. The molecular weight excluding hydrogens is 262 g/mol. The van der Waals surface area contributed by atoms with Gasteiger partial charge in [0.25, 0.3) is 0 Å². The lowest BCUT2D eigenvalue weighted by atomic mass is 10.0. The molecule has 21 heavy (non-hydrogen) atoms. The Balaban J connectivity index is 2.53. The van der Waals surface area contributed by atoms with Gasteiger partial charge in [0, 0.05) is 0 Å². The number of rotatable bonds is 8. The number of ether oxygens (including phenoxy) is 2. The summed E-state index contributed by atoms with van der Waals surface area (Å²) in [5.74, 6) is 0. The van der Waals surface area contributed by atoms with E-state index in [0.29, 0.717) is 13.2 Å². The zero-order valence-corrected chi connectivity index (χ0v) is 14.4. The quantitative estimate of drug-likeness (QED) is 0.738. The summed E-state index contributed by atoms with van der Waals surface area (Å²) >= 11 is 0. The van der Waals surface area contributed by atoms with E-state index in [-0.39, 0.29) is 17.7 Å². The molecule has 120 valence electrons. The summed E-state index contributed by atoms with van der Waals surface area (Å²) in [6, 6.07) is 8.86. The van der Waals surface area contributed by atoms with Gasteiger partial charge in [-0.05, 0) is 46.7 Å². The molecule has 0 heterocycles. The van der Waals surface area contributed by atoms with Crippen LogP contribution in [-0.2, 0) is 9.47 Å². The fourth-order valence-electron chi connectivity index (χ4n) is 2.23. The first-order valence-electron chi connectivity index (χ1n) is 7.89. The lowest BCUT2D eigenvalue weighted by molar-refractivity contribution is -0.0546. The van der Waals surface area contributed by atoms with Crippen LogP contribution >= 0.6 is 0 Å². The number of benzene rings is 1. The van der Waals surface area contributed by atoms with Gasteiger partial charge in [0.2, 0.25) is 0 Å². The van der Waals surface area contributed by atoms with E-state index in [1.807, 2.05) is 0 Å². The summed E-state index contributed by atoms with van der Waals surface area (Å²) in [5, 5.41) is 3.51. The first kappa shape index (κ1) is 18.1. The van der Waals surface area contributed by atoms with Gasteiger partial charge in [-0.3, -0.25) is 0 Å². The molecule has 0 aliphatic heterocycles. The van der Waals surface area contributed by atoms with Crippen LogP contribution in [0.2, 0.25) is 0 Å². The van der Waals surface area contributed by atoms with Crippen molar-refractivity contribution in [2.75, 3.05) is 19.8 Å². The largest absolute Gasteiger partial charge is 0.374 e. The Bertz CT molecular complexity index is 395. The minimum Gasteiger partial charge on any atom is -0.374 e. The molecule has 1 rings (SSSR count). The molecule has 0 spiro atoms.